The van der Waals surface area contributed by atoms with Crippen LogP contribution in [0.4, 0.5) is 0 Å². The highest BCUT2D eigenvalue weighted by molar-refractivity contribution is 7.86. The third-order valence-electron chi connectivity index (χ3n) is 4.48. The van der Waals surface area contributed by atoms with Gasteiger partial charge in [0, 0.05) is 40.3 Å². The molecule has 0 bridgehead atoms. The number of rotatable bonds is 5. The lowest BCUT2D eigenvalue weighted by atomic mass is 10.0. The first-order valence-electron chi connectivity index (χ1n) is 8.34. The Bertz CT molecular complexity index is 693. The maximum Gasteiger partial charge on any atom is 0.281 e. The minimum absolute atomic E-state index is 0.00996. The number of amides is 1. The van der Waals surface area contributed by atoms with Crippen molar-refractivity contribution in [2.75, 3.05) is 54.4 Å². The van der Waals surface area contributed by atoms with E-state index < -0.39 is 10.2 Å². The maximum absolute atomic E-state index is 13.0. The van der Waals surface area contributed by atoms with Gasteiger partial charge < -0.3 is 4.90 Å². The molecule has 1 aromatic rings. The molecule has 1 aliphatic rings. The van der Waals surface area contributed by atoms with Crippen LogP contribution in [0.3, 0.4) is 0 Å². The second-order valence-corrected chi connectivity index (χ2v) is 8.93. The van der Waals surface area contributed by atoms with Gasteiger partial charge in [-0.15, -0.1) is 0 Å². The van der Waals surface area contributed by atoms with Gasteiger partial charge in [-0.05, 0) is 26.6 Å². The summed E-state index contributed by atoms with van der Waals surface area (Å²) >= 11 is 0. The molecule has 7 nitrogen and oxygen atoms in total. The van der Waals surface area contributed by atoms with E-state index >= 15 is 0 Å². The van der Waals surface area contributed by atoms with Gasteiger partial charge >= 0.3 is 0 Å². The molecule has 0 saturated carbocycles. The monoisotopic (exact) mass is 368 g/mol. The van der Waals surface area contributed by atoms with E-state index in [2.05, 4.69) is 0 Å². The lowest BCUT2D eigenvalue weighted by Crippen LogP contribution is -2.54. The van der Waals surface area contributed by atoms with E-state index in [0.717, 1.165) is 11.1 Å². The van der Waals surface area contributed by atoms with Crippen molar-refractivity contribution in [3.63, 3.8) is 0 Å². The minimum Gasteiger partial charge on any atom is -0.338 e. The van der Waals surface area contributed by atoms with Crippen LogP contribution in [0.15, 0.2) is 24.3 Å². The van der Waals surface area contributed by atoms with E-state index in [4.69, 9.17) is 0 Å². The quantitative estimate of drug-likeness (QED) is 0.761. The second kappa shape index (κ2) is 7.82. The van der Waals surface area contributed by atoms with Gasteiger partial charge in [0.1, 0.15) is 6.04 Å². The topological polar surface area (TPSA) is 64.2 Å². The zero-order valence-corrected chi connectivity index (χ0v) is 16.5. The molecule has 0 spiro atoms. The van der Waals surface area contributed by atoms with Gasteiger partial charge in [-0.1, -0.05) is 29.8 Å². The molecule has 140 valence electrons. The van der Waals surface area contributed by atoms with Gasteiger partial charge in [-0.25, -0.2) is 0 Å². The van der Waals surface area contributed by atoms with E-state index in [-0.39, 0.29) is 11.9 Å². The van der Waals surface area contributed by atoms with Gasteiger partial charge in [0.25, 0.3) is 10.2 Å². The summed E-state index contributed by atoms with van der Waals surface area (Å²) in [4.78, 5) is 16.7. The predicted molar refractivity (Wildman–Crippen MR) is 98.4 cm³/mol. The van der Waals surface area contributed by atoms with Gasteiger partial charge in [-0.2, -0.15) is 17.0 Å². The molecule has 1 aliphatic heterocycles. The molecule has 1 unspecified atom stereocenters. The van der Waals surface area contributed by atoms with Crippen molar-refractivity contribution in [2.45, 2.75) is 13.0 Å². The fourth-order valence-electron chi connectivity index (χ4n) is 2.95. The van der Waals surface area contributed by atoms with Crippen molar-refractivity contribution in [3.8, 4) is 0 Å². The summed E-state index contributed by atoms with van der Waals surface area (Å²) in [6.45, 7) is 3.46. The summed E-state index contributed by atoms with van der Waals surface area (Å²) in [5.74, 6) is 0.00996. The highest BCUT2D eigenvalue weighted by atomic mass is 32.2. The Labute approximate surface area is 151 Å². The van der Waals surface area contributed by atoms with Crippen LogP contribution in [0.25, 0.3) is 0 Å². The molecule has 1 saturated heterocycles. The van der Waals surface area contributed by atoms with Crippen LogP contribution in [0, 0.1) is 6.92 Å². The van der Waals surface area contributed by atoms with Crippen LogP contribution < -0.4 is 0 Å². The van der Waals surface area contributed by atoms with E-state index in [0.29, 0.717) is 26.2 Å². The lowest BCUT2D eigenvalue weighted by Gasteiger charge is -2.37. The number of hydrogen-bond donors (Lipinski definition) is 0. The maximum atomic E-state index is 13.0. The van der Waals surface area contributed by atoms with Crippen LogP contribution in [0.5, 0.6) is 0 Å². The van der Waals surface area contributed by atoms with E-state index in [1.807, 2.05) is 50.2 Å². The molecule has 25 heavy (non-hydrogen) atoms. The van der Waals surface area contributed by atoms with Crippen LogP contribution >= 0.6 is 0 Å². The largest absolute Gasteiger partial charge is 0.338 e. The number of carbonyl (C=O) groups excluding carboxylic acids is 1. The summed E-state index contributed by atoms with van der Waals surface area (Å²) in [6, 6.07) is 7.59. The summed E-state index contributed by atoms with van der Waals surface area (Å²) in [7, 11) is 3.38. The average Bonchev–Trinajstić information content (AvgIpc) is 2.56. The van der Waals surface area contributed by atoms with Crippen molar-refractivity contribution in [2.24, 2.45) is 0 Å². The van der Waals surface area contributed by atoms with Gasteiger partial charge in [-0.3, -0.25) is 9.69 Å². The SMILES string of the molecule is Cc1ccc(C(C(=O)N2CCN(S(=O)(=O)N(C)C)CC2)N(C)C)cc1. The van der Waals surface area contributed by atoms with Crippen LogP contribution in [0.2, 0.25) is 0 Å². The van der Waals surface area contributed by atoms with E-state index in [1.165, 1.54) is 22.7 Å². The minimum atomic E-state index is -3.42. The molecule has 1 heterocycles. The Kier molecular flexibility index (Phi) is 6.21. The molecule has 1 atom stereocenters. The van der Waals surface area contributed by atoms with Gasteiger partial charge in [0.05, 0.1) is 0 Å². The number of aryl methyl sites for hydroxylation is 1. The molecule has 0 aliphatic carbocycles. The smallest absolute Gasteiger partial charge is 0.281 e. The highest BCUT2D eigenvalue weighted by Gasteiger charge is 2.33. The Morgan fingerprint density at radius 3 is 1.96 bits per heavy atom. The van der Waals surface area contributed by atoms with Crippen LogP contribution in [0.1, 0.15) is 17.2 Å². The first kappa shape index (κ1) is 19.8. The Hall–Kier alpha value is -1.48. The van der Waals surface area contributed by atoms with E-state index in [1.54, 1.807) is 4.90 Å². The average molecular weight is 369 g/mol. The number of nitrogens with zero attached hydrogens (tertiary/aromatic N) is 4. The fourth-order valence-corrected chi connectivity index (χ4v) is 4.04. The normalized spacial score (nSPS) is 18.0. The molecule has 1 amide bonds. The molecule has 0 aromatic heterocycles. The van der Waals surface area contributed by atoms with E-state index in [9.17, 15) is 13.2 Å². The molecule has 1 fully saturated rings. The highest BCUT2D eigenvalue weighted by Crippen LogP contribution is 2.23. The van der Waals surface area contributed by atoms with Crippen molar-refractivity contribution < 1.29 is 13.2 Å². The number of benzene rings is 1. The van der Waals surface area contributed by atoms with Crippen molar-refractivity contribution in [1.82, 2.24) is 18.4 Å². The Morgan fingerprint density at radius 2 is 1.52 bits per heavy atom. The zero-order valence-electron chi connectivity index (χ0n) is 15.6. The zero-order chi connectivity index (χ0) is 18.8. The summed E-state index contributed by atoms with van der Waals surface area (Å²) < 4.78 is 27.0. The molecule has 1 aromatic carbocycles. The van der Waals surface area contributed by atoms with Gasteiger partial charge in [0.2, 0.25) is 5.91 Å². The van der Waals surface area contributed by atoms with Crippen LogP contribution in [-0.2, 0) is 15.0 Å². The third-order valence-corrected chi connectivity index (χ3v) is 6.42. The fraction of sp³-hybridized carbons (Fsp3) is 0.588. The van der Waals surface area contributed by atoms with Crippen molar-refractivity contribution in [3.05, 3.63) is 35.4 Å². The third kappa shape index (κ3) is 4.38. The van der Waals surface area contributed by atoms with Crippen molar-refractivity contribution in [1.29, 1.82) is 0 Å². The number of piperazine rings is 1. The first-order valence-corrected chi connectivity index (χ1v) is 9.73. The number of hydrogen-bond acceptors (Lipinski definition) is 4. The number of likely N-dealkylation sites (N-methyl/N-ethyl adjacent to an activating group) is 1. The molecule has 8 heteroatoms. The summed E-state index contributed by atoms with van der Waals surface area (Å²) in [5.41, 5.74) is 2.10. The molecule has 0 radical (unpaired) electrons. The Morgan fingerprint density at radius 1 is 1.00 bits per heavy atom. The Balaban J connectivity index is 2.11. The number of carbonyl (C=O) groups is 1. The second-order valence-electron chi connectivity index (χ2n) is 6.79. The standard InChI is InChI=1S/C17H28N4O3S/c1-14-6-8-15(9-7-14)16(18(2)3)17(22)20-10-12-21(13-11-20)25(23,24)19(4)5/h6-9,16H,10-13H2,1-5H3. The summed E-state index contributed by atoms with van der Waals surface area (Å²) in [6.07, 6.45) is 0. The summed E-state index contributed by atoms with van der Waals surface area (Å²) in [5, 5.41) is 0. The molecular formula is C17H28N4O3S. The molecular weight excluding hydrogens is 340 g/mol. The van der Waals surface area contributed by atoms with Gasteiger partial charge in [0.15, 0.2) is 0 Å². The predicted octanol–water partition coefficient (Wildman–Crippen LogP) is 0.548. The first-order chi connectivity index (χ1) is 11.6. The molecule has 2 rings (SSSR count). The van der Waals surface area contributed by atoms with Crippen LogP contribution in [-0.4, -0.2) is 87.1 Å². The lowest BCUT2D eigenvalue weighted by molar-refractivity contribution is -0.137. The van der Waals surface area contributed by atoms with Crippen molar-refractivity contribution >= 4 is 16.1 Å². The molecule has 0 N–H and O–H groups in total.